The first-order valence-corrected chi connectivity index (χ1v) is 7.74. The van der Waals surface area contributed by atoms with Crippen molar-refractivity contribution in [1.82, 2.24) is 5.32 Å². The minimum absolute atomic E-state index is 0.167. The smallest absolute Gasteiger partial charge is 0.120 e. The Morgan fingerprint density at radius 3 is 2.67 bits per heavy atom. The average Bonchev–Trinajstić information content (AvgIpc) is 2.45. The number of benzene rings is 2. The van der Waals surface area contributed by atoms with Crippen LogP contribution >= 0.6 is 11.6 Å². The van der Waals surface area contributed by atoms with Crippen molar-refractivity contribution in [1.29, 1.82) is 0 Å². The highest BCUT2D eigenvalue weighted by Crippen LogP contribution is 2.30. The second kappa shape index (κ2) is 7.48. The summed E-state index contributed by atoms with van der Waals surface area (Å²) in [6.07, 6.45) is 0.167. The van der Waals surface area contributed by atoms with Crippen molar-refractivity contribution in [3.63, 3.8) is 0 Å². The van der Waals surface area contributed by atoms with E-state index in [1.165, 1.54) is 5.56 Å². The van der Waals surface area contributed by atoms with Crippen LogP contribution in [-0.4, -0.2) is 12.6 Å². The summed E-state index contributed by atoms with van der Waals surface area (Å²) in [6.45, 7) is 7.94. The van der Waals surface area contributed by atoms with Gasteiger partial charge in [0.1, 0.15) is 5.75 Å². The summed E-state index contributed by atoms with van der Waals surface area (Å²) in [5.41, 5.74) is 3.52. The molecule has 0 aliphatic rings. The van der Waals surface area contributed by atoms with E-state index in [0.29, 0.717) is 0 Å². The van der Waals surface area contributed by atoms with Crippen molar-refractivity contribution in [2.75, 3.05) is 6.54 Å². The first-order chi connectivity index (χ1) is 10.1. The van der Waals surface area contributed by atoms with Gasteiger partial charge in [0.2, 0.25) is 0 Å². The molecule has 2 aromatic rings. The van der Waals surface area contributed by atoms with Gasteiger partial charge in [-0.3, -0.25) is 0 Å². The quantitative estimate of drug-likeness (QED) is 0.819. The van der Waals surface area contributed by atoms with Crippen LogP contribution in [0.4, 0.5) is 0 Å². The fraction of sp³-hybridized carbons (Fsp3) is 0.333. The van der Waals surface area contributed by atoms with Gasteiger partial charge < -0.3 is 10.1 Å². The maximum absolute atomic E-state index is 6.17. The molecule has 0 spiro atoms. The zero-order chi connectivity index (χ0) is 15.2. The molecule has 0 saturated carbocycles. The molecule has 0 atom stereocenters. The normalized spacial score (nSPS) is 10.9. The number of hydrogen-bond acceptors (Lipinski definition) is 2. The van der Waals surface area contributed by atoms with Gasteiger partial charge in [-0.2, -0.15) is 0 Å². The molecular formula is C18H22ClNO. The first kappa shape index (κ1) is 15.9. The largest absolute Gasteiger partial charge is 0.491 e. The van der Waals surface area contributed by atoms with Crippen LogP contribution in [0.2, 0.25) is 5.02 Å². The molecule has 2 nitrogen and oxygen atoms in total. The number of ether oxygens (including phenoxy) is 1. The lowest BCUT2D eigenvalue weighted by Crippen LogP contribution is -2.12. The average molecular weight is 304 g/mol. The molecular weight excluding hydrogens is 282 g/mol. The fourth-order valence-electron chi connectivity index (χ4n) is 2.24. The lowest BCUT2D eigenvalue weighted by atomic mass is 9.99. The Hall–Kier alpha value is -1.51. The highest BCUT2D eigenvalue weighted by molar-refractivity contribution is 6.30. The zero-order valence-corrected chi connectivity index (χ0v) is 13.6. The minimum atomic E-state index is 0.167. The van der Waals surface area contributed by atoms with Crippen LogP contribution in [0, 0.1) is 0 Å². The molecule has 0 aliphatic heterocycles. The van der Waals surface area contributed by atoms with E-state index in [1.54, 1.807) is 0 Å². The summed E-state index contributed by atoms with van der Waals surface area (Å²) >= 11 is 6.17. The summed E-state index contributed by atoms with van der Waals surface area (Å²) in [5, 5.41) is 4.12. The third-order valence-corrected chi connectivity index (χ3v) is 3.39. The highest BCUT2D eigenvalue weighted by Gasteiger charge is 2.08. The molecule has 112 valence electrons. The van der Waals surface area contributed by atoms with Crippen LogP contribution in [-0.2, 0) is 6.54 Å². The third kappa shape index (κ3) is 4.48. The van der Waals surface area contributed by atoms with E-state index in [9.17, 15) is 0 Å². The molecule has 0 aromatic heterocycles. The zero-order valence-electron chi connectivity index (χ0n) is 12.8. The van der Waals surface area contributed by atoms with Gasteiger partial charge in [0.15, 0.2) is 0 Å². The number of hydrogen-bond donors (Lipinski definition) is 1. The van der Waals surface area contributed by atoms with E-state index in [0.717, 1.165) is 35.0 Å². The molecule has 0 bridgehead atoms. The molecule has 0 amide bonds. The van der Waals surface area contributed by atoms with Crippen LogP contribution in [0.5, 0.6) is 5.75 Å². The van der Waals surface area contributed by atoms with E-state index >= 15 is 0 Å². The lowest BCUT2D eigenvalue weighted by Gasteiger charge is -2.14. The van der Waals surface area contributed by atoms with E-state index in [-0.39, 0.29) is 6.10 Å². The Morgan fingerprint density at radius 1 is 1.14 bits per heavy atom. The van der Waals surface area contributed by atoms with Gasteiger partial charge in [-0.05, 0) is 61.3 Å². The van der Waals surface area contributed by atoms with Gasteiger partial charge in [-0.25, -0.2) is 0 Å². The second-order valence-electron chi connectivity index (χ2n) is 5.28. The van der Waals surface area contributed by atoms with Crippen LogP contribution in [0.15, 0.2) is 42.5 Å². The van der Waals surface area contributed by atoms with Crippen LogP contribution in [0.25, 0.3) is 11.1 Å². The summed E-state index contributed by atoms with van der Waals surface area (Å²) in [6, 6.07) is 14.2. The first-order valence-electron chi connectivity index (χ1n) is 7.36. The molecule has 0 heterocycles. The van der Waals surface area contributed by atoms with Crippen molar-refractivity contribution < 1.29 is 4.74 Å². The minimum Gasteiger partial charge on any atom is -0.491 e. The van der Waals surface area contributed by atoms with E-state index in [2.05, 4.69) is 30.4 Å². The molecule has 0 aliphatic carbocycles. The van der Waals surface area contributed by atoms with E-state index in [1.807, 2.05) is 38.1 Å². The van der Waals surface area contributed by atoms with Crippen LogP contribution < -0.4 is 10.1 Å². The number of rotatable bonds is 6. The molecule has 2 aromatic carbocycles. The van der Waals surface area contributed by atoms with E-state index in [4.69, 9.17) is 16.3 Å². The second-order valence-corrected chi connectivity index (χ2v) is 5.71. The SMILES string of the molecule is CCNCc1ccc(Cl)cc1-c1cccc(OC(C)C)c1. The van der Waals surface area contributed by atoms with Crippen molar-refractivity contribution in [2.24, 2.45) is 0 Å². The summed E-state index contributed by atoms with van der Waals surface area (Å²) in [7, 11) is 0. The van der Waals surface area contributed by atoms with Gasteiger partial charge in [0.05, 0.1) is 6.10 Å². The van der Waals surface area contributed by atoms with Gasteiger partial charge in [-0.15, -0.1) is 0 Å². The molecule has 0 saturated heterocycles. The van der Waals surface area contributed by atoms with Crippen LogP contribution in [0.3, 0.4) is 0 Å². The predicted molar refractivity (Wildman–Crippen MR) is 90.0 cm³/mol. The van der Waals surface area contributed by atoms with Crippen molar-refractivity contribution >= 4 is 11.6 Å². The Morgan fingerprint density at radius 2 is 1.95 bits per heavy atom. The molecule has 21 heavy (non-hydrogen) atoms. The van der Waals surface area contributed by atoms with Crippen molar-refractivity contribution in [3.05, 3.63) is 53.1 Å². The van der Waals surface area contributed by atoms with Gasteiger partial charge in [-0.1, -0.05) is 36.7 Å². The maximum Gasteiger partial charge on any atom is 0.120 e. The molecule has 1 N–H and O–H groups in total. The molecule has 3 heteroatoms. The molecule has 0 fully saturated rings. The van der Waals surface area contributed by atoms with Gasteiger partial charge in [0, 0.05) is 11.6 Å². The van der Waals surface area contributed by atoms with Crippen LogP contribution in [0.1, 0.15) is 26.3 Å². The third-order valence-electron chi connectivity index (χ3n) is 3.15. The van der Waals surface area contributed by atoms with Crippen molar-refractivity contribution in [3.8, 4) is 16.9 Å². The summed E-state index contributed by atoms with van der Waals surface area (Å²) in [4.78, 5) is 0. The van der Waals surface area contributed by atoms with Crippen molar-refractivity contribution in [2.45, 2.75) is 33.4 Å². The van der Waals surface area contributed by atoms with E-state index < -0.39 is 0 Å². The number of nitrogens with one attached hydrogen (secondary N) is 1. The monoisotopic (exact) mass is 303 g/mol. The topological polar surface area (TPSA) is 21.3 Å². The summed E-state index contributed by atoms with van der Waals surface area (Å²) < 4.78 is 5.78. The highest BCUT2D eigenvalue weighted by atomic mass is 35.5. The molecule has 0 radical (unpaired) electrons. The standard InChI is InChI=1S/C18H22ClNO/c1-4-20-12-15-8-9-16(19)11-18(15)14-6-5-7-17(10-14)21-13(2)3/h5-11,13,20H,4,12H2,1-3H3. The van der Waals surface area contributed by atoms with Gasteiger partial charge >= 0.3 is 0 Å². The fourth-order valence-corrected chi connectivity index (χ4v) is 2.41. The Labute approximate surface area is 132 Å². The maximum atomic E-state index is 6.17. The Kier molecular flexibility index (Phi) is 5.66. The molecule has 2 rings (SSSR count). The van der Waals surface area contributed by atoms with Gasteiger partial charge in [0.25, 0.3) is 0 Å². The molecule has 0 unspecified atom stereocenters. The Bertz CT molecular complexity index is 596. The predicted octanol–water partition coefficient (Wildman–Crippen LogP) is 4.90. The summed E-state index contributed by atoms with van der Waals surface area (Å²) in [5.74, 6) is 0.886. The Balaban J connectivity index is 2.37. The lowest BCUT2D eigenvalue weighted by molar-refractivity contribution is 0.242. The number of halogens is 1.